The minimum atomic E-state index is -1.05. The van der Waals surface area contributed by atoms with Crippen LogP contribution in [0.4, 0.5) is 8.78 Å². The molecule has 1 amide bonds. The van der Waals surface area contributed by atoms with Gasteiger partial charge in [0.2, 0.25) is 5.91 Å². The molecule has 0 radical (unpaired) electrons. The minimum Gasteiger partial charge on any atom is -0.481 e. The van der Waals surface area contributed by atoms with Crippen molar-refractivity contribution in [1.82, 2.24) is 4.90 Å². The fourth-order valence-electron chi connectivity index (χ4n) is 2.94. The third-order valence-corrected chi connectivity index (χ3v) is 4.34. The summed E-state index contributed by atoms with van der Waals surface area (Å²) in [4.78, 5) is 24.5. The van der Waals surface area contributed by atoms with Gasteiger partial charge in [-0.05, 0) is 32.3 Å². The van der Waals surface area contributed by atoms with Gasteiger partial charge in [-0.15, -0.1) is 0 Å². The smallest absolute Gasteiger partial charge is 0.305 e. The molecule has 0 spiro atoms. The first-order chi connectivity index (χ1) is 11.9. The van der Waals surface area contributed by atoms with Crippen molar-refractivity contribution in [3.05, 3.63) is 35.4 Å². The van der Waals surface area contributed by atoms with Gasteiger partial charge in [-0.3, -0.25) is 9.59 Å². The highest BCUT2D eigenvalue weighted by molar-refractivity contribution is 5.77. The fourth-order valence-corrected chi connectivity index (χ4v) is 2.94. The molecule has 5 nitrogen and oxygen atoms in total. The number of aliphatic carboxylic acids is 1. The maximum Gasteiger partial charge on any atom is 0.305 e. The summed E-state index contributed by atoms with van der Waals surface area (Å²) in [6.45, 7) is 1.78. The van der Waals surface area contributed by atoms with Crippen LogP contribution >= 0.6 is 0 Å². The van der Waals surface area contributed by atoms with Crippen molar-refractivity contribution < 1.29 is 28.2 Å². The molecule has 0 bridgehead atoms. The van der Waals surface area contributed by atoms with Crippen molar-refractivity contribution in [2.24, 2.45) is 0 Å². The van der Waals surface area contributed by atoms with Gasteiger partial charge in [0.1, 0.15) is 0 Å². The zero-order valence-electron chi connectivity index (χ0n) is 14.2. The standard InChI is InChI=1S/C18H23F2NO4/c1-12-5-6-14(25-12)7-8-16(22)21(10-9-17(23)24)11-13-3-2-4-15(19)18(13)20/h2-4,12,14H,5-11H2,1H3,(H,23,24)/t12-,14-/m0/s1. The maximum absolute atomic E-state index is 13.8. The van der Waals surface area contributed by atoms with Crippen molar-refractivity contribution in [3.8, 4) is 0 Å². The van der Waals surface area contributed by atoms with Crippen LogP contribution in [0.1, 0.15) is 44.6 Å². The summed E-state index contributed by atoms with van der Waals surface area (Å²) in [6, 6.07) is 3.75. The third kappa shape index (κ3) is 5.77. The van der Waals surface area contributed by atoms with Crippen LogP contribution in [0.5, 0.6) is 0 Å². The van der Waals surface area contributed by atoms with E-state index in [-0.39, 0.29) is 49.6 Å². The van der Waals surface area contributed by atoms with Crippen LogP contribution in [0.25, 0.3) is 0 Å². The van der Waals surface area contributed by atoms with E-state index < -0.39 is 17.6 Å². The molecule has 138 valence electrons. The van der Waals surface area contributed by atoms with E-state index in [2.05, 4.69) is 0 Å². The van der Waals surface area contributed by atoms with Crippen molar-refractivity contribution >= 4 is 11.9 Å². The predicted molar refractivity (Wildman–Crippen MR) is 86.8 cm³/mol. The summed E-state index contributed by atoms with van der Waals surface area (Å²) >= 11 is 0. The van der Waals surface area contributed by atoms with E-state index in [4.69, 9.17) is 9.84 Å². The highest BCUT2D eigenvalue weighted by Crippen LogP contribution is 2.23. The Balaban J connectivity index is 1.99. The van der Waals surface area contributed by atoms with Gasteiger partial charge in [0, 0.05) is 25.1 Å². The molecular weight excluding hydrogens is 332 g/mol. The van der Waals surface area contributed by atoms with E-state index in [1.165, 1.54) is 17.0 Å². The zero-order valence-corrected chi connectivity index (χ0v) is 14.2. The molecule has 7 heteroatoms. The molecule has 2 rings (SSSR count). The number of carbonyl (C=O) groups is 2. The molecule has 0 unspecified atom stereocenters. The molecule has 2 atom stereocenters. The number of amides is 1. The average molecular weight is 355 g/mol. The molecule has 0 aliphatic carbocycles. The number of nitrogens with zero attached hydrogens (tertiary/aromatic N) is 1. The summed E-state index contributed by atoms with van der Waals surface area (Å²) in [7, 11) is 0. The predicted octanol–water partition coefficient (Wildman–Crippen LogP) is 3.12. The first kappa shape index (κ1) is 19.3. The number of rotatable bonds is 8. The molecule has 0 saturated carbocycles. The number of hydrogen-bond acceptors (Lipinski definition) is 3. The molecular formula is C18H23F2NO4. The van der Waals surface area contributed by atoms with Gasteiger partial charge >= 0.3 is 5.97 Å². The SMILES string of the molecule is C[C@H]1CC[C@@H](CCC(=O)N(CCC(=O)O)Cc2cccc(F)c2F)O1. The molecule has 1 heterocycles. The van der Waals surface area contributed by atoms with Crippen LogP contribution in [0.2, 0.25) is 0 Å². The van der Waals surface area contributed by atoms with Crippen LogP contribution in [0, 0.1) is 11.6 Å². The van der Waals surface area contributed by atoms with Crippen molar-refractivity contribution in [2.75, 3.05) is 6.54 Å². The summed E-state index contributed by atoms with van der Waals surface area (Å²) in [5.74, 6) is -3.33. The lowest BCUT2D eigenvalue weighted by Gasteiger charge is -2.23. The van der Waals surface area contributed by atoms with Gasteiger partial charge in [-0.1, -0.05) is 12.1 Å². The Morgan fingerprint density at radius 3 is 2.68 bits per heavy atom. The lowest BCUT2D eigenvalue weighted by molar-refractivity contribution is -0.139. The second-order valence-corrected chi connectivity index (χ2v) is 6.36. The van der Waals surface area contributed by atoms with Gasteiger partial charge in [0.15, 0.2) is 11.6 Å². The number of hydrogen-bond donors (Lipinski definition) is 1. The monoisotopic (exact) mass is 355 g/mol. The first-order valence-electron chi connectivity index (χ1n) is 8.44. The van der Waals surface area contributed by atoms with Gasteiger partial charge in [-0.2, -0.15) is 0 Å². The van der Waals surface area contributed by atoms with Crippen molar-refractivity contribution in [3.63, 3.8) is 0 Å². The van der Waals surface area contributed by atoms with Crippen molar-refractivity contribution in [1.29, 1.82) is 0 Å². The normalized spacial score (nSPS) is 19.8. The topological polar surface area (TPSA) is 66.8 Å². The Morgan fingerprint density at radius 2 is 2.04 bits per heavy atom. The highest BCUT2D eigenvalue weighted by atomic mass is 19.2. The maximum atomic E-state index is 13.8. The molecule has 25 heavy (non-hydrogen) atoms. The van der Waals surface area contributed by atoms with Gasteiger partial charge in [0.05, 0.1) is 18.6 Å². The van der Waals surface area contributed by atoms with Gasteiger partial charge in [-0.25, -0.2) is 8.78 Å². The summed E-state index contributed by atoms with van der Waals surface area (Å²) in [6.07, 6.45) is 2.53. The minimum absolute atomic E-state index is 0.0196. The Morgan fingerprint density at radius 1 is 1.28 bits per heavy atom. The Bertz CT molecular complexity index is 623. The second kappa shape index (κ2) is 8.89. The lowest BCUT2D eigenvalue weighted by atomic mass is 10.1. The van der Waals surface area contributed by atoms with Crippen molar-refractivity contribution in [2.45, 2.75) is 57.8 Å². The quantitative estimate of drug-likeness (QED) is 0.778. The lowest BCUT2D eigenvalue weighted by Crippen LogP contribution is -2.33. The van der Waals surface area contributed by atoms with E-state index in [1.54, 1.807) is 0 Å². The first-order valence-corrected chi connectivity index (χ1v) is 8.44. The zero-order chi connectivity index (χ0) is 18.4. The molecule has 1 saturated heterocycles. The fraction of sp³-hybridized carbons (Fsp3) is 0.556. The molecule has 1 aliphatic heterocycles. The number of ether oxygens (including phenoxy) is 1. The largest absolute Gasteiger partial charge is 0.481 e. The molecule has 0 aromatic heterocycles. The molecule has 1 N–H and O–H groups in total. The summed E-state index contributed by atoms with van der Waals surface area (Å²) in [5, 5.41) is 8.85. The Hall–Kier alpha value is -2.02. The van der Waals surface area contributed by atoms with Crippen LogP contribution in [-0.2, 0) is 20.9 Å². The summed E-state index contributed by atoms with van der Waals surface area (Å²) < 4.78 is 32.9. The number of carboxylic acid groups (broad SMARTS) is 1. The van der Waals surface area contributed by atoms with E-state index in [0.717, 1.165) is 18.9 Å². The van der Waals surface area contributed by atoms with Gasteiger partial charge < -0.3 is 14.7 Å². The summed E-state index contributed by atoms with van der Waals surface area (Å²) in [5.41, 5.74) is 0.0319. The number of halogens is 2. The van der Waals surface area contributed by atoms with E-state index >= 15 is 0 Å². The molecule has 1 aromatic rings. The Labute approximate surface area is 145 Å². The number of benzene rings is 1. The van der Waals surface area contributed by atoms with Crippen LogP contribution in [0.15, 0.2) is 18.2 Å². The molecule has 1 aliphatic rings. The average Bonchev–Trinajstić information content (AvgIpc) is 2.98. The van der Waals surface area contributed by atoms with E-state index in [9.17, 15) is 18.4 Å². The van der Waals surface area contributed by atoms with Crippen LogP contribution in [0.3, 0.4) is 0 Å². The van der Waals surface area contributed by atoms with Crippen LogP contribution in [-0.4, -0.2) is 40.6 Å². The van der Waals surface area contributed by atoms with Gasteiger partial charge in [0.25, 0.3) is 0 Å². The van der Waals surface area contributed by atoms with E-state index in [1.807, 2.05) is 6.92 Å². The van der Waals surface area contributed by atoms with Crippen LogP contribution < -0.4 is 0 Å². The Kier molecular flexibility index (Phi) is 6.87. The number of carboxylic acids is 1. The molecule has 1 aromatic carbocycles. The van der Waals surface area contributed by atoms with E-state index in [0.29, 0.717) is 6.42 Å². The highest BCUT2D eigenvalue weighted by Gasteiger charge is 2.24. The number of carbonyl (C=O) groups excluding carboxylic acids is 1. The third-order valence-electron chi connectivity index (χ3n) is 4.34. The second-order valence-electron chi connectivity index (χ2n) is 6.36. The molecule has 1 fully saturated rings.